The van der Waals surface area contributed by atoms with Crippen LogP contribution < -0.4 is 0 Å². The number of rotatable bonds is 4. The molecule has 7 heteroatoms. The predicted molar refractivity (Wildman–Crippen MR) is 102 cm³/mol. The van der Waals surface area contributed by atoms with E-state index in [1.54, 1.807) is 30.6 Å². The number of benzene rings is 1. The number of carbonyl (C=O) groups is 2. The Hall–Kier alpha value is -3.06. The van der Waals surface area contributed by atoms with Crippen molar-refractivity contribution in [2.45, 2.75) is 6.54 Å². The number of likely N-dealkylation sites (N-methyl/N-ethyl adjacent to an activating group) is 1. The van der Waals surface area contributed by atoms with Gasteiger partial charge in [-0.05, 0) is 36.4 Å². The number of imide groups is 1. The first-order valence-corrected chi connectivity index (χ1v) is 9.23. The van der Waals surface area contributed by atoms with Gasteiger partial charge in [0, 0.05) is 38.6 Å². The first-order valence-electron chi connectivity index (χ1n) is 9.23. The first-order chi connectivity index (χ1) is 13.5. The van der Waals surface area contributed by atoms with Gasteiger partial charge in [0.15, 0.2) is 0 Å². The van der Waals surface area contributed by atoms with Crippen LogP contribution in [0.1, 0.15) is 11.1 Å². The van der Waals surface area contributed by atoms with Gasteiger partial charge < -0.3 is 9.80 Å². The van der Waals surface area contributed by atoms with E-state index in [4.69, 9.17) is 0 Å². The summed E-state index contributed by atoms with van der Waals surface area (Å²) in [5, 5.41) is 0. The molecule has 0 N–H and O–H groups in total. The number of hydrogen-bond acceptors (Lipinski definition) is 5. The summed E-state index contributed by atoms with van der Waals surface area (Å²) in [6, 6.07) is 9.34. The van der Waals surface area contributed by atoms with E-state index in [-0.39, 0.29) is 24.2 Å². The van der Waals surface area contributed by atoms with Gasteiger partial charge in [-0.3, -0.25) is 19.5 Å². The fraction of sp³-hybridized carbons (Fsp3) is 0.286. The van der Waals surface area contributed by atoms with Crippen LogP contribution in [0, 0.1) is 5.82 Å². The standard InChI is InChI=1S/C21H21FN4O2/c1-24-9-11-25(12-10-24)19-18(16-4-6-17(22)7-5-16)20(27)26(21(19)28)14-15-3-2-8-23-13-15/h2-8,13H,9-12,14H2,1H3. The Morgan fingerprint density at radius 3 is 2.36 bits per heavy atom. The summed E-state index contributed by atoms with van der Waals surface area (Å²) in [6.07, 6.45) is 3.29. The molecule has 6 nitrogen and oxygen atoms in total. The third-order valence-corrected chi connectivity index (χ3v) is 5.16. The van der Waals surface area contributed by atoms with Crippen LogP contribution in [-0.2, 0) is 16.1 Å². The van der Waals surface area contributed by atoms with Crippen molar-refractivity contribution < 1.29 is 14.0 Å². The van der Waals surface area contributed by atoms with E-state index in [2.05, 4.69) is 9.88 Å². The highest BCUT2D eigenvalue weighted by Crippen LogP contribution is 2.33. The Bertz CT molecular complexity index is 919. The van der Waals surface area contributed by atoms with Crippen LogP contribution in [0.4, 0.5) is 4.39 Å². The van der Waals surface area contributed by atoms with Crippen LogP contribution in [0.3, 0.4) is 0 Å². The van der Waals surface area contributed by atoms with Crippen molar-refractivity contribution in [3.8, 4) is 0 Å². The topological polar surface area (TPSA) is 56.8 Å². The molecule has 0 radical (unpaired) electrons. The van der Waals surface area contributed by atoms with Crippen LogP contribution in [-0.4, -0.2) is 64.7 Å². The van der Waals surface area contributed by atoms with Crippen LogP contribution in [0.2, 0.25) is 0 Å². The number of hydrogen-bond donors (Lipinski definition) is 0. The van der Waals surface area contributed by atoms with Gasteiger partial charge in [0.05, 0.1) is 12.1 Å². The molecule has 1 saturated heterocycles. The average molecular weight is 380 g/mol. The van der Waals surface area contributed by atoms with E-state index in [0.29, 0.717) is 29.9 Å². The highest BCUT2D eigenvalue weighted by atomic mass is 19.1. The second kappa shape index (κ2) is 7.52. The van der Waals surface area contributed by atoms with E-state index in [9.17, 15) is 14.0 Å². The van der Waals surface area contributed by atoms with E-state index < -0.39 is 0 Å². The number of piperazine rings is 1. The quantitative estimate of drug-likeness (QED) is 0.757. The molecule has 28 heavy (non-hydrogen) atoms. The number of nitrogens with zero attached hydrogens (tertiary/aromatic N) is 4. The lowest BCUT2D eigenvalue weighted by molar-refractivity contribution is -0.138. The smallest absolute Gasteiger partial charge is 0.278 e. The lowest BCUT2D eigenvalue weighted by atomic mass is 10.0. The number of pyridine rings is 1. The molecule has 0 bridgehead atoms. The SMILES string of the molecule is CN1CCN(C2=C(c3ccc(F)cc3)C(=O)N(Cc3cccnc3)C2=O)CC1. The molecule has 2 aliphatic heterocycles. The number of amides is 2. The van der Waals surface area contributed by atoms with Gasteiger partial charge in [0.1, 0.15) is 11.5 Å². The highest BCUT2D eigenvalue weighted by molar-refractivity contribution is 6.35. The highest BCUT2D eigenvalue weighted by Gasteiger charge is 2.42. The Balaban J connectivity index is 1.72. The molecule has 144 valence electrons. The first kappa shape index (κ1) is 18.3. The van der Waals surface area contributed by atoms with Crippen molar-refractivity contribution in [2.24, 2.45) is 0 Å². The molecule has 2 aromatic rings. The second-order valence-corrected chi connectivity index (χ2v) is 7.08. The summed E-state index contributed by atoms with van der Waals surface area (Å²) in [5.74, 6) is -1.04. The minimum atomic E-state index is -0.380. The molecular formula is C21H21FN4O2. The molecule has 1 aromatic carbocycles. The molecule has 4 rings (SSSR count). The normalized spacial score (nSPS) is 18.4. The zero-order valence-electron chi connectivity index (χ0n) is 15.6. The van der Waals surface area contributed by atoms with Crippen molar-refractivity contribution in [3.63, 3.8) is 0 Å². The largest absolute Gasteiger partial charge is 0.364 e. The molecule has 1 aromatic heterocycles. The summed E-state index contributed by atoms with van der Waals surface area (Å²) >= 11 is 0. The Kier molecular flexibility index (Phi) is 4.92. The molecule has 0 spiro atoms. The fourth-order valence-electron chi connectivity index (χ4n) is 3.58. The van der Waals surface area contributed by atoms with Crippen LogP contribution in [0.25, 0.3) is 5.57 Å². The summed E-state index contributed by atoms with van der Waals surface area (Å²) in [5.41, 5.74) is 2.09. The maximum Gasteiger partial charge on any atom is 0.278 e. The van der Waals surface area contributed by atoms with Crippen molar-refractivity contribution in [3.05, 3.63) is 71.4 Å². The predicted octanol–water partition coefficient (Wildman–Crippen LogP) is 1.75. The van der Waals surface area contributed by atoms with Gasteiger partial charge in [0.25, 0.3) is 11.8 Å². The molecule has 3 heterocycles. The maximum absolute atomic E-state index is 13.4. The minimum absolute atomic E-state index is 0.160. The van der Waals surface area contributed by atoms with E-state index in [1.165, 1.54) is 17.0 Å². The Morgan fingerprint density at radius 2 is 1.71 bits per heavy atom. The van der Waals surface area contributed by atoms with Gasteiger partial charge in [-0.15, -0.1) is 0 Å². The van der Waals surface area contributed by atoms with Gasteiger partial charge in [-0.1, -0.05) is 18.2 Å². The Morgan fingerprint density at radius 1 is 1.00 bits per heavy atom. The van der Waals surface area contributed by atoms with E-state index in [1.807, 2.05) is 18.0 Å². The molecule has 0 unspecified atom stereocenters. The van der Waals surface area contributed by atoms with Gasteiger partial charge in [-0.2, -0.15) is 0 Å². The van der Waals surface area contributed by atoms with Crippen molar-refractivity contribution >= 4 is 17.4 Å². The molecule has 1 fully saturated rings. The zero-order chi connectivity index (χ0) is 19.7. The van der Waals surface area contributed by atoms with Gasteiger partial charge >= 0.3 is 0 Å². The van der Waals surface area contributed by atoms with Crippen molar-refractivity contribution in [2.75, 3.05) is 33.2 Å². The van der Waals surface area contributed by atoms with Crippen molar-refractivity contribution in [1.29, 1.82) is 0 Å². The fourth-order valence-corrected chi connectivity index (χ4v) is 3.58. The number of halogens is 1. The molecule has 0 saturated carbocycles. The third-order valence-electron chi connectivity index (χ3n) is 5.16. The molecular weight excluding hydrogens is 359 g/mol. The maximum atomic E-state index is 13.4. The molecule has 2 amide bonds. The number of carbonyl (C=O) groups excluding carboxylic acids is 2. The summed E-state index contributed by atoms with van der Waals surface area (Å²) in [4.78, 5) is 35.9. The monoisotopic (exact) mass is 380 g/mol. The Labute approximate surface area is 162 Å². The minimum Gasteiger partial charge on any atom is -0.364 e. The molecule has 0 aliphatic carbocycles. The van der Waals surface area contributed by atoms with Gasteiger partial charge in [0.2, 0.25) is 0 Å². The summed E-state index contributed by atoms with van der Waals surface area (Å²) in [7, 11) is 2.03. The van der Waals surface area contributed by atoms with Crippen LogP contribution >= 0.6 is 0 Å². The zero-order valence-corrected chi connectivity index (χ0v) is 15.6. The van der Waals surface area contributed by atoms with E-state index in [0.717, 1.165) is 18.7 Å². The molecule has 2 aliphatic rings. The summed E-state index contributed by atoms with van der Waals surface area (Å²) in [6.45, 7) is 3.11. The lowest BCUT2D eigenvalue weighted by Crippen LogP contribution is -2.46. The third kappa shape index (κ3) is 3.41. The van der Waals surface area contributed by atoms with Crippen molar-refractivity contribution in [1.82, 2.24) is 19.7 Å². The second-order valence-electron chi connectivity index (χ2n) is 7.08. The number of aromatic nitrogens is 1. The lowest BCUT2D eigenvalue weighted by Gasteiger charge is -2.34. The van der Waals surface area contributed by atoms with Crippen LogP contribution in [0.5, 0.6) is 0 Å². The average Bonchev–Trinajstić information content (AvgIpc) is 2.95. The summed E-state index contributed by atoms with van der Waals surface area (Å²) < 4.78 is 13.4. The van der Waals surface area contributed by atoms with Crippen LogP contribution in [0.15, 0.2) is 54.5 Å². The molecule has 0 atom stereocenters. The van der Waals surface area contributed by atoms with Gasteiger partial charge in [-0.25, -0.2) is 4.39 Å². The van der Waals surface area contributed by atoms with E-state index >= 15 is 0 Å².